The molecule has 0 aliphatic heterocycles. The van der Waals surface area contributed by atoms with Crippen molar-refractivity contribution in [2.24, 2.45) is 0 Å². The molecule has 2 aromatic heterocycles. The van der Waals surface area contributed by atoms with Crippen molar-refractivity contribution in [3.63, 3.8) is 0 Å². The minimum Gasteiger partial charge on any atom is -0.361 e. The SMILES string of the molecule is Cc1ccc(-c2c(C(Cc3cc(F)cc(F)c3)NC(=O)Cc3c[nH]c4ccc(F)cc34)nc[nH]c2=O)cc1. The molecule has 1 amide bonds. The highest BCUT2D eigenvalue weighted by atomic mass is 19.1. The summed E-state index contributed by atoms with van der Waals surface area (Å²) in [6.45, 7) is 1.91. The molecule has 3 N–H and O–H groups in total. The highest BCUT2D eigenvalue weighted by Crippen LogP contribution is 2.27. The summed E-state index contributed by atoms with van der Waals surface area (Å²) >= 11 is 0. The van der Waals surface area contributed by atoms with Gasteiger partial charge in [0.25, 0.3) is 5.56 Å². The number of fused-ring (bicyclic) bond motifs is 1. The lowest BCUT2D eigenvalue weighted by atomic mass is 9.95. The fourth-order valence-electron chi connectivity index (χ4n) is 4.57. The van der Waals surface area contributed by atoms with Crippen LogP contribution in [-0.2, 0) is 17.6 Å². The molecule has 0 radical (unpaired) electrons. The smallest absolute Gasteiger partial charge is 0.258 e. The first-order valence-electron chi connectivity index (χ1n) is 11.9. The summed E-state index contributed by atoms with van der Waals surface area (Å²) in [5.41, 5.74) is 3.17. The Morgan fingerprint density at radius 1 is 0.947 bits per heavy atom. The predicted octanol–water partition coefficient (Wildman–Crippen LogP) is 5.29. The minimum atomic E-state index is -0.899. The van der Waals surface area contributed by atoms with Crippen molar-refractivity contribution in [3.8, 4) is 11.1 Å². The summed E-state index contributed by atoms with van der Waals surface area (Å²) in [4.78, 5) is 36.1. The number of nitrogens with one attached hydrogen (secondary N) is 3. The number of aromatic nitrogens is 3. The number of aromatic amines is 2. The third-order valence-electron chi connectivity index (χ3n) is 6.33. The van der Waals surface area contributed by atoms with Crippen LogP contribution >= 0.6 is 0 Å². The van der Waals surface area contributed by atoms with Gasteiger partial charge in [0.2, 0.25) is 5.91 Å². The van der Waals surface area contributed by atoms with Crippen LogP contribution in [0.1, 0.15) is 28.4 Å². The molecule has 0 saturated carbocycles. The van der Waals surface area contributed by atoms with Gasteiger partial charge in [0.1, 0.15) is 17.5 Å². The van der Waals surface area contributed by atoms with E-state index in [2.05, 4.69) is 20.3 Å². The van der Waals surface area contributed by atoms with Crippen molar-refractivity contribution < 1.29 is 18.0 Å². The third-order valence-corrected chi connectivity index (χ3v) is 6.33. The number of nitrogens with zero attached hydrogens (tertiary/aromatic N) is 1. The van der Waals surface area contributed by atoms with Crippen molar-refractivity contribution in [1.82, 2.24) is 20.3 Å². The van der Waals surface area contributed by atoms with E-state index in [0.29, 0.717) is 22.0 Å². The molecule has 1 atom stereocenters. The Kier molecular flexibility index (Phi) is 6.83. The largest absolute Gasteiger partial charge is 0.361 e. The first kappa shape index (κ1) is 25.0. The number of halogens is 3. The van der Waals surface area contributed by atoms with Crippen molar-refractivity contribution in [2.45, 2.75) is 25.8 Å². The van der Waals surface area contributed by atoms with Crippen molar-refractivity contribution in [2.75, 3.05) is 0 Å². The van der Waals surface area contributed by atoms with E-state index in [9.17, 15) is 22.8 Å². The maximum Gasteiger partial charge on any atom is 0.258 e. The lowest BCUT2D eigenvalue weighted by molar-refractivity contribution is -0.121. The highest BCUT2D eigenvalue weighted by molar-refractivity contribution is 5.89. The van der Waals surface area contributed by atoms with Gasteiger partial charge in [0.15, 0.2) is 0 Å². The van der Waals surface area contributed by atoms with Crippen LogP contribution in [0.2, 0.25) is 0 Å². The molecular weight excluding hydrogens is 493 g/mol. The number of carbonyl (C=O) groups is 1. The molecule has 3 aromatic carbocycles. The zero-order valence-electron chi connectivity index (χ0n) is 20.3. The molecule has 2 heterocycles. The topological polar surface area (TPSA) is 90.6 Å². The summed E-state index contributed by atoms with van der Waals surface area (Å²) in [7, 11) is 0. The van der Waals surface area contributed by atoms with Gasteiger partial charge >= 0.3 is 0 Å². The van der Waals surface area contributed by atoms with Crippen LogP contribution in [0.5, 0.6) is 0 Å². The van der Waals surface area contributed by atoms with Crippen LogP contribution in [0.4, 0.5) is 13.2 Å². The Hall–Kier alpha value is -4.66. The lowest BCUT2D eigenvalue weighted by Gasteiger charge is -2.21. The van der Waals surface area contributed by atoms with Crippen LogP contribution in [-0.4, -0.2) is 20.9 Å². The maximum absolute atomic E-state index is 14.0. The second-order valence-corrected chi connectivity index (χ2v) is 9.14. The summed E-state index contributed by atoms with van der Waals surface area (Å²) in [5, 5.41) is 3.45. The number of amides is 1. The highest BCUT2D eigenvalue weighted by Gasteiger charge is 2.24. The Labute approximate surface area is 215 Å². The van der Waals surface area contributed by atoms with Gasteiger partial charge in [-0.05, 0) is 60.4 Å². The van der Waals surface area contributed by atoms with E-state index in [1.165, 1.54) is 30.6 Å². The summed E-state index contributed by atoms with van der Waals surface area (Å²) in [6, 6.07) is 13.7. The van der Waals surface area contributed by atoms with Crippen LogP contribution in [0, 0.1) is 24.4 Å². The molecule has 0 spiro atoms. The first-order valence-corrected chi connectivity index (χ1v) is 11.9. The van der Waals surface area contributed by atoms with Gasteiger partial charge in [-0.15, -0.1) is 0 Å². The summed E-state index contributed by atoms with van der Waals surface area (Å²) in [6.07, 6.45) is 2.73. The number of benzene rings is 3. The average molecular weight is 517 g/mol. The van der Waals surface area contributed by atoms with Crippen LogP contribution in [0.3, 0.4) is 0 Å². The normalized spacial score (nSPS) is 12.0. The number of aryl methyl sites for hydroxylation is 1. The molecule has 6 nitrogen and oxygen atoms in total. The molecule has 9 heteroatoms. The van der Waals surface area contributed by atoms with Gasteiger partial charge in [0.05, 0.1) is 30.0 Å². The van der Waals surface area contributed by atoms with Gasteiger partial charge in [-0.1, -0.05) is 29.8 Å². The van der Waals surface area contributed by atoms with E-state index in [-0.39, 0.29) is 29.7 Å². The number of H-pyrrole nitrogens is 2. The molecule has 1 unspecified atom stereocenters. The van der Waals surface area contributed by atoms with Gasteiger partial charge in [-0.25, -0.2) is 18.2 Å². The Morgan fingerprint density at radius 2 is 1.68 bits per heavy atom. The standard InChI is InChI=1S/C29H23F3N4O2/c1-16-2-4-18(5-3-16)27-28(34-15-35-29(27)38)25(10-17-8-21(31)12-22(32)9-17)36-26(37)11-19-14-33-24-7-6-20(30)13-23(19)24/h2-9,12-15,25,33H,10-11H2,1H3,(H,36,37)(H,34,35,38). The molecule has 0 saturated heterocycles. The van der Waals surface area contributed by atoms with E-state index in [4.69, 9.17) is 0 Å². The van der Waals surface area contributed by atoms with E-state index < -0.39 is 35.0 Å². The number of hydrogen-bond donors (Lipinski definition) is 3. The fourth-order valence-corrected chi connectivity index (χ4v) is 4.57. The number of rotatable bonds is 7. The molecule has 0 bridgehead atoms. The quantitative estimate of drug-likeness (QED) is 0.275. The zero-order valence-corrected chi connectivity index (χ0v) is 20.3. The molecule has 38 heavy (non-hydrogen) atoms. The minimum absolute atomic E-state index is 0.0295. The predicted molar refractivity (Wildman–Crippen MR) is 138 cm³/mol. The third kappa shape index (κ3) is 5.36. The molecule has 192 valence electrons. The molecule has 0 aliphatic rings. The van der Waals surface area contributed by atoms with Gasteiger partial charge in [0, 0.05) is 23.2 Å². The monoisotopic (exact) mass is 516 g/mol. The average Bonchev–Trinajstić information content (AvgIpc) is 3.25. The second kappa shape index (κ2) is 10.4. The number of carbonyl (C=O) groups excluding carboxylic acids is 1. The van der Waals surface area contributed by atoms with Crippen LogP contribution in [0.25, 0.3) is 22.0 Å². The summed E-state index contributed by atoms with van der Waals surface area (Å²) < 4.78 is 41.8. The molecule has 5 rings (SSSR count). The van der Waals surface area contributed by atoms with E-state index in [0.717, 1.165) is 11.6 Å². The van der Waals surface area contributed by atoms with Crippen LogP contribution < -0.4 is 10.9 Å². The summed E-state index contributed by atoms with van der Waals surface area (Å²) in [5.74, 6) is -2.39. The molecular formula is C29H23F3N4O2. The van der Waals surface area contributed by atoms with Crippen molar-refractivity contribution in [3.05, 3.63) is 123 Å². The Morgan fingerprint density at radius 3 is 2.42 bits per heavy atom. The van der Waals surface area contributed by atoms with E-state index in [1.54, 1.807) is 24.4 Å². The van der Waals surface area contributed by atoms with Gasteiger partial charge in [-0.3, -0.25) is 9.59 Å². The lowest BCUT2D eigenvalue weighted by Crippen LogP contribution is -2.33. The second-order valence-electron chi connectivity index (χ2n) is 9.14. The van der Waals surface area contributed by atoms with Crippen molar-refractivity contribution >= 4 is 16.8 Å². The van der Waals surface area contributed by atoms with E-state index >= 15 is 0 Å². The van der Waals surface area contributed by atoms with E-state index in [1.807, 2.05) is 19.1 Å². The Balaban J connectivity index is 1.53. The van der Waals surface area contributed by atoms with Gasteiger partial charge < -0.3 is 15.3 Å². The fraction of sp³-hybridized carbons (Fsp3) is 0.138. The molecule has 5 aromatic rings. The van der Waals surface area contributed by atoms with Crippen molar-refractivity contribution in [1.29, 1.82) is 0 Å². The molecule has 0 fully saturated rings. The zero-order chi connectivity index (χ0) is 26.8. The number of hydrogen-bond acceptors (Lipinski definition) is 3. The van der Waals surface area contributed by atoms with Crippen LogP contribution in [0.15, 0.2) is 78.0 Å². The first-order chi connectivity index (χ1) is 18.3. The Bertz CT molecular complexity index is 1670. The van der Waals surface area contributed by atoms with Gasteiger partial charge in [-0.2, -0.15) is 0 Å². The molecule has 0 aliphatic carbocycles. The maximum atomic E-state index is 14.0.